The van der Waals surface area contributed by atoms with Gasteiger partial charge in [-0.3, -0.25) is 0 Å². The number of hydrogen-bond donors (Lipinski definition) is 4. The quantitative estimate of drug-likeness (QED) is 0.335. The van der Waals surface area contributed by atoms with Crippen LogP contribution in [-0.4, -0.2) is 30.1 Å². The number of rotatable bonds is 3. The number of pyridine rings is 1. The molecule has 1 aromatic heterocycles. The van der Waals surface area contributed by atoms with Crippen molar-refractivity contribution < 1.29 is 9.59 Å². The van der Waals surface area contributed by atoms with Crippen LogP contribution < -0.4 is 38.1 Å². The maximum atomic E-state index is 11.3. The van der Waals surface area contributed by atoms with Crippen LogP contribution in [0.25, 0.3) is 0 Å². The number of nitrogens with two attached hydrogens (primary N) is 4. The lowest BCUT2D eigenvalue weighted by atomic mass is 10.3. The van der Waals surface area contributed by atoms with Crippen LogP contribution in [0.15, 0.2) is 12.1 Å². The number of anilines is 3. The van der Waals surface area contributed by atoms with E-state index in [0.29, 0.717) is 15.8 Å². The Bertz CT molecular complexity index is 567. The van der Waals surface area contributed by atoms with Crippen LogP contribution in [0.4, 0.5) is 26.9 Å². The lowest BCUT2D eigenvalue weighted by Gasteiger charge is -2.24. The number of amides is 4. The second-order valence-corrected chi connectivity index (χ2v) is 4.62. The maximum absolute atomic E-state index is 11.3. The Kier molecular flexibility index (Phi) is 7.83. The maximum Gasteiger partial charge on any atom is 0.335 e. The van der Waals surface area contributed by atoms with Crippen molar-refractivity contribution in [2.45, 2.75) is 12.8 Å². The molecule has 2 rings (SSSR count). The normalized spacial score (nSPS) is 12.9. The van der Waals surface area contributed by atoms with Crippen LogP contribution in [0.3, 0.4) is 0 Å². The average molecular weight is 367 g/mol. The third-order valence-corrected chi connectivity index (χ3v) is 3.23. The molecule has 1 saturated heterocycles. The number of hydrazine groups is 2. The van der Waals surface area contributed by atoms with E-state index in [2.05, 4.69) is 4.98 Å². The summed E-state index contributed by atoms with van der Waals surface area (Å²) in [6, 6.07) is 1.36. The highest BCUT2D eigenvalue weighted by atomic mass is 35.5. The van der Waals surface area contributed by atoms with Crippen molar-refractivity contribution in [3.05, 3.63) is 12.1 Å². The van der Waals surface area contributed by atoms with E-state index in [1.165, 1.54) is 6.07 Å². The second kappa shape index (κ2) is 8.58. The Hall–Kier alpha value is -2.01. The Morgan fingerprint density at radius 3 is 2.00 bits per heavy atom. The van der Waals surface area contributed by atoms with Crippen LogP contribution in [0.5, 0.6) is 0 Å². The van der Waals surface area contributed by atoms with E-state index in [1.54, 1.807) is 6.07 Å². The Balaban J connectivity index is 0.00000242. The highest BCUT2D eigenvalue weighted by molar-refractivity contribution is 5.98. The van der Waals surface area contributed by atoms with Crippen molar-refractivity contribution in [3.63, 3.8) is 0 Å². The van der Waals surface area contributed by atoms with E-state index in [4.69, 9.17) is 23.2 Å². The second-order valence-electron chi connectivity index (χ2n) is 4.62. The summed E-state index contributed by atoms with van der Waals surface area (Å²) in [4.78, 5) is 28.8. The number of hydrogen-bond acceptors (Lipinski definition) is 6. The van der Waals surface area contributed by atoms with Crippen LogP contribution in [0.2, 0.25) is 0 Å². The minimum Gasteiger partial charge on any atom is -0.357 e. The Morgan fingerprint density at radius 1 is 1.00 bits per heavy atom. The van der Waals surface area contributed by atoms with E-state index in [1.807, 2.05) is 4.90 Å². The fraction of sp³-hybridized carbons (Fsp3) is 0.364. The lowest BCUT2D eigenvalue weighted by molar-refractivity contribution is 0.252. The van der Waals surface area contributed by atoms with E-state index in [-0.39, 0.29) is 36.3 Å². The van der Waals surface area contributed by atoms with Gasteiger partial charge >= 0.3 is 12.1 Å². The third kappa shape index (κ3) is 4.48. The molecule has 12 heteroatoms. The molecule has 8 N–H and O–H groups in total. The molecule has 1 aliphatic heterocycles. The number of primary amides is 2. The topological polar surface area (TPSA) is 161 Å². The fourth-order valence-corrected chi connectivity index (χ4v) is 2.14. The van der Waals surface area contributed by atoms with Gasteiger partial charge in [-0.05, 0) is 25.0 Å². The van der Waals surface area contributed by atoms with Crippen molar-refractivity contribution >= 4 is 54.2 Å². The molecule has 1 aromatic rings. The minimum absolute atomic E-state index is 0. The van der Waals surface area contributed by atoms with E-state index < -0.39 is 12.1 Å². The van der Waals surface area contributed by atoms with Crippen LogP contribution >= 0.6 is 24.8 Å². The summed E-state index contributed by atoms with van der Waals surface area (Å²) in [6.07, 6.45) is 2.12. The number of halogens is 2. The number of carbonyl (C=O) groups is 2. The largest absolute Gasteiger partial charge is 0.357 e. The molecular formula is C11H20Cl2N8O2. The van der Waals surface area contributed by atoms with Gasteiger partial charge in [-0.1, -0.05) is 0 Å². The molecule has 10 nitrogen and oxygen atoms in total. The lowest BCUT2D eigenvalue weighted by Crippen LogP contribution is -2.46. The predicted octanol–water partition coefficient (Wildman–Crippen LogP) is 0.0430. The average Bonchev–Trinajstić information content (AvgIpc) is 2.99. The molecule has 0 spiro atoms. The first kappa shape index (κ1) is 21.0. The van der Waals surface area contributed by atoms with Gasteiger partial charge in [-0.2, -0.15) is 0 Å². The highest BCUT2D eigenvalue weighted by Gasteiger charge is 2.23. The molecule has 0 radical (unpaired) electrons. The van der Waals surface area contributed by atoms with E-state index in [0.717, 1.165) is 25.9 Å². The molecule has 0 aliphatic carbocycles. The molecule has 0 saturated carbocycles. The molecule has 2 heterocycles. The molecule has 4 amide bonds. The minimum atomic E-state index is -0.930. The van der Waals surface area contributed by atoms with E-state index >= 15 is 0 Å². The summed E-state index contributed by atoms with van der Waals surface area (Å²) in [6.45, 7) is 1.71. The van der Waals surface area contributed by atoms with Crippen LogP contribution in [0.1, 0.15) is 12.8 Å². The molecular weight excluding hydrogens is 347 g/mol. The van der Waals surface area contributed by atoms with Gasteiger partial charge in [-0.25, -0.2) is 36.3 Å². The number of urea groups is 2. The molecule has 1 aliphatic rings. The molecule has 130 valence electrons. The van der Waals surface area contributed by atoms with Gasteiger partial charge in [0.15, 0.2) is 5.82 Å². The van der Waals surface area contributed by atoms with Crippen molar-refractivity contribution in [1.82, 2.24) is 4.98 Å². The third-order valence-electron chi connectivity index (χ3n) is 3.23. The number of aromatic nitrogens is 1. The Morgan fingerprint density at radius 2 is 1.52 bits per heavy atom. The van der Waals surface area contributed by atoms with E-state index in [9.17, 15) is 9.59 Å². The highest BCUT2D eigenvalue weighted by Crippen LogP contribution is 2.29. The molecule has 0 aromatic carbocycles. The summed E-state index contributed by atoms with van der Waals surface area (Å²) < 4.78 is 0. The summed E-state index contributed by atoms with van der Waals surface area (Å²) in [5.41, 5.74) is 10.4. The first-order chi connectivity index (χ1) is 9.91. The molecule has 0 atom stereocenters. The van der Waals surface area contributed by atoms with Gasteiger partial charge in [0.05, 0.1) is 0 Å². The predicted molar refractivity (Wildman–Crippen MR) is 92.7 cm³/mol. The van der Waals surface area contributed by atoms with Crippen molar-refractivity contribution in [2.24, 2.45) is 23.2 Å². The first-order valence-electron chi connectivity index (χ1n) is 6.36. The fourth-order valence-electron chi connectivity index (χ4n) is 2.14. The summed E-state index contributed by atoms with van der Waals surface area (Å²) >= 11 is 0. The summed E-state index contributed by atoms with van der Waals surface area (Å²) in [7, 11) is 0. The number of carbonyl (C=O) groups excluding carboxylic acids is 2. The zero-order valence-corrected chi connectivity index (χ0v) is 13.8. The first-order valence-corrected chi connectivity index (χ1v) is 6.36. The van der Waals surface area contributed by atoms with Gasteiger partial charge in [0, 0.05) is 13.1 Å². The van der Waals surface area contributed by atoms with Crippen LogP contribution in [-0.2, 0) is 0 Å². The van der Waals surface area contributed by atoms with Gasteiger partial charge in [0.1, 0.15) is 11.5 Å². The molecule has 23 heavy (non-hydrogen) atoms. The summed E-state index contributed by atoms with van der Waals surface area (Å²) in [5, 5.41) is 1.27. The smallest absolute Gasteiger partial charge is 0.335 e. The van der Waals surface area contributed by atoms with Crippen molar-refractivity contribution in [3.8, 4) is 0 Å². The molecule has 1 fully saturated rings. The monoisotopic (exact) mass is 366 g/mol. The van der Waals surface area contributed by atoms with Crippen molar-refractivity contribution in [1.29, 1.82) is 0 Å². The zero-order chi connectivity index (χ0) is 15.6. The molecule has 0 unspecified atom stereocenters. The number of nitrogens with zero attached hydrogens (tertiary/aromatic N) is 4. The molecule has 0 bridgehead atoms. The van der Waals surface area contributed by atoms with Gasteiger partial charge in [-0.15, -0.1) is 24.8 Å². The summed E-state index contributed by atoms with van der Waals surface area (Å²) in [5.74, 6) is 11.7. The van der Waals surface area contributed by atoms with Gasteiger partial charge in [0.25, 0.3) is 0 Å². The Labute approximate surface area is 145 Å². The SMILES string of the molecule is Cl.Cl.NC(=O)N(N)c1ccc(N2CCCC2)nc1N(N)C(N)=O. The standard InChI is InChI=1S/C11H18N8O2.2ClH/c12-10(20)18(14)7-3-4-8(17-5-1-2-6-17)16-9(7)19(15)11(13)21;;/h3-4H,1-2,5-6,14-15H2,(H2,12,20)(H2,13,21);2*1H. The van der Waals surface area contributed by atoms with Crippen LogP contribution in [0, 0.1) is 0 Å². The zero-order valence-electron chi connectivity index (χ0n) is 12.2. The van der Waals surface area contributed by atoms with Crippen molar-refractivity contribution in [2.75, 3.05) is 28.0 Å². The van der Waals surface area contributed by atoms with Gasteiger partial charge < -0.3 is 16.4 Å². The van der Waals surface area contributed by atoms with Gasteiger partial charge in [0.2, 0.25) is 0 Å².